The number of nitrogens with one attached hydrogen (secondary N) is 2. The molecule has 0 bridgehead atoms. The molecule has 3 aromatic carbocycles. The summed E-state index contributed by atoms with van der Waals surface area (Å²) < 4.78 is 11.0. The maximum Gasteiger partial charge on any atom is 0.235 e. The predicted octanol–water partition coefficient (Wildman–Crippen LogP) is 5.73. The lowest BCUT2D eigenvalue weighted by Crippen LogP contribution is -2.57. The van der Waals surface area contributed by atoms with E-state index >= 15 is 0 Å². The van der Waals surface area contributed by atoms with E-state index in [1.165, 1.54) is 31.5 Å². The number of amides is 1. The van der Waals surface area contributed by atoms with Gasteiger partial charge in [-0.05, 0) is 71.9 Å². The van der Waals surface area contributed by atoms with E-state index in [-0.39, 0.29) is 11.8 Å². The number of benzene rings is 3. The third-order valence-electron chi connectivity index (χ3n) is 9.83. The van der Waals surface area contributed by atoms with Crippen LogP contribution in [0.2, 0.25) is 0 Å². The summed E-state index contributed by atoms with van der Waals surface area (Å²) >= 11 is 0. The van der Waals surface area contributed by atoms with E-state index in [1.54, 1.807) is 7.11 Å². The Balaban J connectivity index is 0.948. The molecule has 1 amide bonds. The lowest BCUT2D eigenvalue weighted by Gasteiger charge is -2.52. The fraction of sp³-hybridized carbons (Fsp3) is 0.353. The number of ether oxygens (including phenoxy) is 2. The number of anilines is 1. The first kappa shape index (κ1) is 24.8. The summed E-state index contributed by atoms with van der Waals surface area (Å²) in [5.41, 5.74) is 7.52. The molecule has 1 aromatic heterocycles. The quantitative estimate of drug-likeness (QED) is 0.323. The summed E-state index contributed by atoms with van der Waals surface area (Å²) in [7, 11) is 1.66. The van der Waals surface area contributed by atoms with E-state index in [0.717, 1.165) is 70.9 Å². The van der Waals surface area contributed by atoms with E-state index in [2.05, 4.69) is 75.0 Å². The van der Waals surface area contributed by atoms with Crippen LogP contribution in [0.3, 0.4) is 0 Å². The van der Waals surface area contributed by atoms with Crippen LogP contribution in [-0.4, -0.2) is 54.4 Å². The minimum atomic E-state index is -0.506. The van der Waals surface area contributed by atoms with Crippen molar-refractivity contribution in [2.24, 2.45) is 5.41 Å². The van der Waals surface area contributed by atoms with Crippen molar-refractivity contribution in [1.82, 2.24) is 15.1 Å². The van der Waals surface area contributed by atoms with Crippen molar-refractivity contribution < 1.29 is 14.3 Å². The van der Waals surface area contributed by atoms with Gasteiger partial charge < -0.3 is 14.8 Å². The summed E-state index contributed by atoms with van der Waals surface area (Å²) in [5, 5.41) is 11.9. The standard InChI is InChI=1S/C34H34N4O3/c1-40-25-8-11-30-27(17-25)34(32(39)35-30)18-28(34)24-7-9-26-29(36-37-31(26)16-24)10-6-22-2-4-23(5-3-22)19-38-20-33(21-38)12-14-41-15-13-33/h2-11,16-17,28H,12-15,18-21H2,1H3,(H,35,39)(H,36,37)/b10-6+/t28-,34-/m0/s1. The van der Waals surface area contributed by atoms with Gasteiger partial charge in [0.2, 0.25) is 5.91 Å². The molecule has 7 nitrogen and oxygen atoms in total. The van der Waals surface area contributed by atoms with Crippen LogP contribution in [0, 0.1) is 5.41 Å². The first-order valence-electron chi connectivity index (χ1n) is 14.6. The first-order valence-corrected chi connectivity index (χ1v) is 14.6. The van der Waals surface area contributed by atoms with Crippen LogP contribution in [0.15, 0.2) is 60.7 Å². The molecule has 4 aliphatic rings. The van der Waals surface area contributed by atoms with E-state index in [0.29, 0.717) is 5.41 Å². The second-order valence-corrected chi connectivity index (χ2v) is 12.3. The number of nitrogens with zero attached hydrogens (tertiary/aromatic N) is 2. The minimum Gasteiger partial charge on any atom is -0.497 e. The van der Waals surface area contributed by atoms with Gasteiger partial charge in [-0.3, -0.25) is 14.8 Å². The Kier molecular flexibility index (Phi) is 5.63. The number of fused-ring (bicyclic) bond motifs is 3. The van der Waals surface area contributed by atoms with E-state index < -0.39 is 5.41 Å². The molecule has 2 saturated heterocycles. The summed E-state index contributed by atoms with van der Waals surface area (Å²) in [5.74, 6) is 0.998. The number of rotatable bonds is 6. The molecule has 2 spiro atoms. The zero-order valence-corrected chi connectivity index (χ0v) is 23.3. The number of likely N-dealkylation sites (tertiary alicyclic amines) is 1. The molecule has 3 fully saturated rings. The number of H-pyrrole nitrogens is 1. The summed E-state index contributed by atoms with van der Waals surface area (Å²) in [4.78, 5) is 15.6. The zero-order chi connectivity index (χ0) is 27.6. The molecule has 0 radical (unpaired) electrons. The summed E-state index contributed by atoms with van der Waals surface area (Å²) in [6, 6.07) is 21.1. The Morgan fingerprint density at radius 3 is 2.68 bits per heavy atom. The zero-order valence-electron chi connectivity index (χ0n) is 23.3. The van der Waals surface area contributed by atoms with Crippen molar-refractivity contribution in [3.63, 3.8) is 0 Å². The highest BCUT2D eigenvalue weighted by Gasteiger charge is 2.65. The monoisotopic (exact) mass is 546 g/mol. The normalized spacial score (nSPS) is 24.6. The van der Waals surface area contributed by atoms with Gasteiger partial charge in [-0.1, -0.05) is 42.5 Å². The van der Waals surface area contributed by atoms with Crippen LogP contribution in [0.5, 0.6) is 5.75 Å². The van der Waals surface area contributed by atoms with Crippen molar-refractivity contribution in [2.45, 2.75) is 37.1 Å². The molecule has 41 heavy (non-hydrogen) atoms. The fourth-order valence-corrected chi connectivity index (χ4v) is 7.40. The lowest BCUT2D eigenvalue weighted by molar-refractivity contribution is -0.118. The Labute approximate surface area is 239 Å². The highest BCUT2D eigenvalue weighted by atomic mass is 16.5. The fourth-order valence-electron chi connectivity index (χ4n) is 7.40. The molecule has 208 valence electrons. The molecule has 4 aromatic rings. The van der Waals surface area contributed by atoms with Crippen molar-refractivity contribution >= 4 is 34.6 Å². The molecule has 1 saturated carbocycles. The largest absolute Gasteiger partial charge is 0.497 e. The van der Waals surface area contributed by atoms with Crippen molar-refractivity contribution in [3.05, 3.63) is 88.6 Å². The van der Waals surface area contributed by atoms with E-state index in [9.17, 15) is 4.79 Å². The SMILES string of the molecule is COc1ccc2c(c1)[C@]1(C[C@H]1c1ccc3c(/C=C/c4ccc(CN5CC6(CCOCC6)C5)cc4)n[nH]c3c1)C(=O)N2. The number of carbonyl (C=O) groups excluding carboxylic acids is 1. The van der Waals surface area contributed by atoms with Crippen LogP contribution in [0.1, 0.15) is 53.1 Å². The maximum atomic E-state index is 13.1. The van der Waals surface area contributed by atoms with Gasteiger partial charge in [-0.25, -0.2) is 0 Å². The molecular weight excluding hydrogens is 512 g/mol. The Morgan fingerprint density at radius 2 is 1.88 bits per heavy atom. The van der Waals surface area contributed by atoms with Crippen molar-refractivity contribution in [2.75, 3.05) is 38.7 Å². The average molecular weight is 547 g/mol. The minimum absolute atomic E-state index is 0.0817. The van der Waals surface area contributed by atoms with Crippen molar-refractivity contribution in [1.29, 1.82) is 0 Å². The number of methoxy groups -OCH3 is 1. The number of carbonyl (C=O) groups is 1. The first-order chi connectivity index (χ1) is 20.0. The van der Waals surface area contributed by atoms with Crippen LogP contribution in [0.4, 0.5) is 5.69 Å². The van der Waals surface area contributed by atoms with Crippen LogP contribution in [-0.2, 0) is 21.5 Å². The molecule has 2 N–H and O–H groups in total. The average Bonchev–Trinajstić information content (AvgIpc) is 3.53. The molecule has 2 atom stereocenters. The van der Waals surface area contributed by atoms with Crippen LogP contribution >= 0.6 is 0 Å². The molecular formula is C34H34N4O3. The third-order valence-corrected chi connectivity index (χ3v) is 9.83. The van der Waals surface area contributed by atoms with Crippen LogP contribution in [0.25, 0.3) is 23.1 Å². The maximum absolute atomic E-state index is 13.1. The molecule has 3 aliphatic heterocycles. The van der Waals surface area contributed by atoms with Gasteiger partial charge >= 0.3 is 0 Å². The van der Waals surface area contributed by atoms with Gasteiger partial charge in [0.25, 0.3) is 0 Å². The van der Waals surface area contributed by atoms with Gasteiger partial charge in [-0.2, -0.15) is 5.10 Å². The second kappa shape index (κ2) is 9.29. The Morgan fingerprint density at radius 1 is 1.05 bits per heavy atom. The third kappa shape index (κ3) is 4.10. The Hall–Kier alpha value is -3.94. The summed E-state index contributed by atoms with van der Waals surface area (Å²) in [6.07, 6.45) is 7.41. The van der Waals surface area contributed by atoms with Gasteiger partial charge in [0.1, 0.15) is 5.75 Å². The molecule has 7 heteroatoms. The molecule has 8 rings (SSSR count). The van der Waals surface area contributed by atoms with E-state index in [4.69, 9.17) is 9.47 Å². The predicted molar refractivity (Wildman–Crippen MR) is 160 cm³/mol. The highest BCUT2D eigenvalue weighted by Crippen LogP contribution is 2.65. The van der Waals surface area contributed by atoms with Gasteiger partial charge in [0.05, 0.1) is 23.7 Å². The second-order valence-electron chi connectivity index (χ2n) is 12.3. The lowest BCUT2D eigenvalue weighted by atomic mass is 9.73. The molecule has 1 aliphatic carbocycles. The molecule has 4 heterocycles. The number of hydrogen-bond donors (Lipinski definition) is 2. The van der Waals surface area contributed by atoms with Gasteiger partial charge in [-0.15, -0.1) is 0 Å². The number of aromatic amines is 1. The van der Waals surface area contributed by atoms with Crippen molar-refractivity contribution in [3.8, 4) is 5.75 Å². The molecule has 0 unspecified atom stereocenters. The topological polar surface area (TPSA) is 79.5 Å². The summed E-state index contributed by atoms with van der Waals surface area (Å²) in [6.45, 7) is 5.26. The van der Waals surface area contributed by atoms with Crippen LogP contribution < -0.4 is 10.1 Å². The van der Waals surface area contributed by atoms with E-state index in [1.807, 2.05) is 18.2 Å². The van der Waals surface area contributed by atoms with Gasteiger partial charge in [0, 0.05) is 55.3 Å². The van der Waals surface area contributed by atoms with Gasteiger partial charge in [0.15, 0.2) is 0 Å². The highest BCUT2D eigenvalue weighted by molar-refractivity contribution is 6.10. The smallest absolute Gasteiger partial charge is 0.235 e. The number of hydrogen-bond acceptors (Lipinski definition) is 5. The Bertz CT molecular complexity index is 1680. The number of aromatic nitrogens is 2.